The van der Waals surface area contributed by atoms with Crippen molar-refractivity contribution in [2.24, 2.45) is 0 Å². The smallest absolute Gasteiger partial charge is 0.493 e. The number of carbonyl (C=O) groups excluding carboxylic acids is 1. The number of ether oxygens (including phenoxy) is 3. The van der Waals surface area contributed by atoms with Gasteiger partial charge in [-0.3, -0.25) is 0 Å². The van der Waals surface area contributed by atoms with Gasteiger partial charge in [-0.1, -0.05) is 0 Å². The summed E-state index contributed by atoms with van der Waals surface area (Å²) in [6, 6.07) is 3.20. The number of alkyl halides is 3. The molecule has 0 unspecified atom stereocenters. The second-order valence-electron chi connectivity index (χ2n) is 3.13. The van der Waals surface area contributed by atoms with E-state index in [9.17, 15) is 18.0 Å². The first-order chi connectivity index (χ1) is 8.37. The van der Waals surface area contributed by atoms with Gasteiger partial charge >= 0.3 is 12.3 Å². The van der Waals surface area contributed by atoms with Crippen LogP contribution in [0.2, 0.25) is 0 Å². The minimum Gasteiger partial charge on any atom is -0.493 e. The highest BCUT2D eigenvalue weighted by atomic mass is 19.4. The van der Waals surface area contributed by atoms with Crippen LogP contribution >= 0.6 is 0 Å². The number of halogens is 3. The molecule has 100 valence electrons. The molecule has 0 atom stereocenters. The van der Waals surface area contributed by atoms with Gasteiger partial charge in [0.05, 0.1) is 13.7 Å². The first-order valence-corrected chi connectivity index (χ1v) is 4.98. The summed E-state index contributed by atoms with van der Waals surface area (Å²) in [6.45, 7) is 1.95. The van der Waals surface area contributed by atoms with Crippen molar-refractivity contribution in [2.75, 3.05) is 13.7 Å². The van der Waals surface area contributed by atoms with Crippen molar-refractivity contribution in [2.45, 2.75) is 13.3 Å². The Morgan fingerprint density at radius 2 is 2.00 bits per heavy atom. The van der Waals surface area contributed by atoms with E-state index < -0.39 is 18.1 Å². The number of hydrogen-bond donors (Lipinski definition) is 0. The fraction of sp³-hybridized carbons (Fsp3) is 0.364. The average molecular weight is 264 g/mol. The zero-order chi connectivity index (χ0) is 13.8. The summed E-state index contributed by atoms with van der Waals surface area (Å²) in [5.74, 6) is -1.17. The van der Waals surface area contributed by atoms with Gasteiger partial charge in [0.25, 0.3) is 0 Å². The maximum atomic E-state index is 12.0. The fourth-order valence-corrected chi connectivity index (χ4v) is 1.26. The lowest BCUT2D eigenvalue weighted by Crippen LogP contribution is -2.17. The van der Waals surface area contributed by atoms with Crippen LogP contribution in [-0.2, 0) is 4.74 Å². The summed E-state index contributed by atoms with van der Waals surface area (Å²) in [5.41, 5.74) is -0.124. The summed E-state index contributed by atoms with van der Waals surface area (Å²) in [5, 5.41) is 0. The molecule has 7 heteroatoms. The first-order valence-electron chi connectivity index (χ1n) is 4.98. The van der Waals surface area contributed by atoms with Crippen LogP contribution < -0.4 is 9.47 Å². The predicted molar refractivity (Wildman–Crippen MR) is 55.6 cm³/mol. The number of esters is 1. The third-order valence-corrected chi connectivity index (χ3v) is 1.89. The van der Waals surface area contributed by atoms with E-state index in [2.05, 4.69) is 9.47 Å². The van der Waals surface area contributed by atoms with Crippen molar-refractivity contribution >= 4 is 5.97 Å². The summed E-state index contributed by atoms with van der Waals surface area (Å²) >= 11 is 0. The molecule has 0 heterocycles. The molecule has 0 aliphatic rings. The van der Waals surface area contributed by atoms with Crippen molar-refractivity contribution in [3.8, 4) is 11.5 Å². The van der Waals surface area contributed by atoms with Crippen LogP contribution in [0.1, 0.15) is 17.3 Å². The number of benzene rings is 1. The maximum Gasteiger partial charge on any atom is 0.573 e. The van der Waals surface area contributed by atoms with Gasteiger partial charge < -0.3 is 14.2 Å². The topological polar surface area (TPSA) is 44.8 Å². The normalized spacial score (nSPS) is 10.9. The Kier molecular flexibility index (Phi) is 4.41. The van der Waals surface area contributed by atoms with Gasteiger partial charge in [0.1, 0.15) is 17.1 Å². The van der Waals surface area contributed by atoms with E-state index in [0.29, 0.717) is 0 Å². The summed E-state index contributed by atoms with van der Waals surface area (Å²) in [4.78, 5) is 11.4. The average Bonchev–Trinajstić information content (AvgIpc) is 2.28. The molecule has 0 saturated heterocycles. The van der Waals surface area contributed by atoms with E-state index in [4.69, 9.17) is 4.74 Å². The Balaban J connectivity index is 3.08. The van der Waals surface area contributed by atoms with Gasteiger partial charge in [0.15, 0.2) is 0 Å². The highest BCUT2D eigenvalue weighted by Crippen LogP contribution is 2.28. The molecule has 0 radical (unpaired) electrons. The molecule has 1 aromatic carbocycles. The second-order valence-corrected chi connectivity index (χ2v) is 3.13. The molecule has 0 saturated carbocycles. The number of rotatable bonds is 4. The van der Waals surface area contributed by atoms with Gasteiger partial charge in [-0.15, -0.1) is 13.2 Å². The lowest BCUT2D eigenvalue weighted by atomic mass is 10.2. The molecular formula is C11H11F3O4. The fourth-order valence-electron chi connectivity index (χ4n) is 1.26. The van der Waals surface area contributed by atoms with Crippen LogP contribution in [0.5, 0.6) is 11.5 Å². The van der Waals surface area contributed by atoms with Crippen molar-refractivity contribution < 1.29 is 32.2 Å². The monoisotopic (exact) mass is 264 g/mol. The molecule has 0 N–H and O–H groups in total. The SMILES string of the molecule is CCOc1ccc(OC(F)(F)F)cc1C(=O)OC. The Morgan fingerprint density at radius 3 is 2.50 bits per heavy atom. The van der Waals surface area contributed by atoms with Gasteiger partial charge in [0.2, 0.25) is 0 Å². The predicted octanol–water partition coefficient (Wildman–Crippen LogP) is 2.77. The van der Waals surface area contributed by atoms with Gasteiger partial charge in [-0.05, 0) is 25.1 Å². The summed E-state index contributed by atoms with van der Waals surface area (Å²) < 4.78 is 49.4. The Morgan fingerprint density at radius 1 is 1.33 bits per heavy atom. The lowest BCUT2D eigenvalue weighted by Gasteiger charge is -2.12. The van der Waals surface area contributed by atoms with Crippen LogP contribution in [0.4, 0.5) is 13.2 Å². The Bertz CT molecular complexity index is 429. The molecule has 1 aromatic rings. The minimum atomic E-state index is -4.82. The van der Waals surface area contributed by atoms with Gasteiger partial charge in [-0.25, -0.2) is 4.79 Å². The largest absolute Gasteiger partial charge is 0.573 e. The molecular weight excluding hydrogens is 253 g/mol. The molecule has 0 aliphatic heterocycles. The summed E-state index contributed by atoms with van der Waals surface area (Å²) in [7, 11) is 1.12. The van der Waals surface area contributed by atoms with Crippen molar-refractivity contribution in [3.63, 3.8) is 0 Å². The van der Waals surface area contributed by atoms with E-state index in [1.807, 2.05) is 0 Å². The third-order valence-electron chi connectivity index (χ3n) is 1.89. The van der Waals surface area contributed by atoms with Crippen LogP contribution in [-0.4, -0.2) is 26.0 Å². The number of carbonyl (C=O) groups is 1. The second kappa shape index (κ2) is 5.61. The molecule has 18 heavy (non-hydrogen) atoms. The van der Waals surface area contributed by atoms with Crippen molar-refractivity contribution in [1.82, 2.24) is 0 Å². The van der Waals surface area contributed by atoms with Gasteiger partial charge in [-0.2, -0.15) is 0 Å². The molecule has 0 aromatic heterocycles. The molecule has 0 fully saturated rings. The molecule has 0 aliphatic carbocycles. The molecule has 0 amide bonds. The van der Waals surface area contributed by atoms with Crippen LogP contribution in [0, 0.1) is 0 Å². The van der Waals surface area contributed by atoms with E-state index >= 15 is 0 Å². The highest BCUT2D eigenvalue weighted by molar-refractivity contribution is 5.92. The van der Waals surface area contributed by atoms with Gasteiger partial charge in [0, 0.05) is 0 Å². The van der Waals surface area contributed by atoms with E-state index in [1.54, 1.807) is 6.92 Å². The van der Waals surface area contributed by atoms with Crippen molar-refractivity contribution in [3.05, 3.63) is 23.8 Å². The molecule has 4 nitrogen and oxygen atoms in total. The van der Waals surface area contributed by atoms with E-state index in [0.717, 1.165) is 19.2 Å². The zero-order valence-corrected chi connectivity index (χ0v) is 9.71. The maximum absolute atomic E-state index is 12.0. The van der Waals surface area contributed by atoms with Crippen LogP contribution in [0.15, 0.2) is 18.2 Å². The molecule has 0 spiro atoms. The van der Waals surface area contributed by atoms with Crippen molar-refractivity contribution in [1.29, 1.82) is 0 Å². The Labute approximate surface area is 101 Å². The number of methoxy groups -OCH3 is 1. The zero-order valence-electron chi connectivity index (χ0n) is 9.71. The van der Waals surface area contributed by atoms with E-state index in [1.165, 1.54) is 6.07 Å². The standard InChI is InChI=1S/C11H11F3O4/c1-3-17-9-5-4-7(18-11(12,13)14)6-8(9)10(15)16-2/h4-6H,3H2,1-2H3. The minimum absolute atomic E-state index is 0.124. The highest BCUT2D eigenvalue weighted by Gasteiger charge is 2.31. The van der Waals surface area contributed by atoms with Crippen LogP contribution in [0.3, 0.4) is 0 Å². The first kappa shape index (κ1) is 14.1. The molecule has 0 bridgehead atoms. The Hall–Kier alpha value is -1.92. The van der Waals surface area contributed by atoms with Crippen LogP contribution in [0.25, 0.3) is 0 Å². The quantitative estimate of drug-likeness (QED) is 0.784. The number of hydrogen-bond acceptors (Lipinski definition) is 4. The third kappa shape index (κ3) is 3.83. The molecule has 1 rings (SSSR count). The summed E-state index contributed by atoms with van der Waals surface area (Å²) in [6.07, 6.45) is -4.82. The van der Waals surface area contributed by atoms with E-state index in [-0.39, 0.29) is 17.9 Å². The lowest BCUT2D eigenvalue weighted by molar-refractivity contribution is -0.274.